The molecule has 124 valence electrons. The molecule has 3 aromatic rings. The number of hydrogen-bond donors (Lipinski definition) is 2. The van der Waals surface area contributed by atoms with Crippen molar-refractivity contribution < 1.29 is 12.8 Å². The number of benzene rings is 2. The van der Waals surface area contributed by atoms with E-state index >= 15 is 0 Å². The summed E-state index contributed by atoms with van der Waals surface area (Å²) in [5, 5.41) is 0. The zero-order valence-corrected chi connectivity index (χ0v) is 13.6. The summed E-state index contributed by atoms with van der Waals surface area (Å²) in [6.07, 6.45) is 2.67. The monoisotopic (exact) mass is 344 g/mol. The number of oxazole rings is 1. The van der Waals surface area contributed by atoms with Gasteiger partial charge in [-0.3, -0.25) is 4.98 Å². The van der Waals surface area contributed by atoms with Crippen LogP contribution in [0.15, 0.2) is 56.6 Å². The molecule has 0 unspecified atom stereocenters. The van der Waals surface area contributed by atoms with Crippen LogP contribution in [-0.4, -0.2) is 13.4 Å². The predicted molar refractivity (Wildman–Crippen MR) is 89.3 cm³/mol. The molecule has 0 saturated carbocycles. The van der Waals surface area contributed by atoms with E-state index in [4.69, 9.17) is 4.42 Å². The number of nitrogens with one attached hydrogen (secondary N) is 2. The number of fused-ring (bicyclic) bond motifs is 2. The molecule has 2 N–H and O–H groups in total. The van der Waals surface area contributed by atoms with Crippen LogP contribution in [0.5, 0.6) is 0 Å². The summed E-state index contributed by atoms with van der Waals surface area (Å²) in [6, 6.07) is 12.0. The van der Waals surface area contributed by atoms with Crippen molar-refractivity contribution in [3.63, 3.8) is 0 Å². The van der Waals surface area contributed by atoms with E-state index in [-0.39, 0.29) is 16.5 Å². The third-order valence-corrected chi connectivity index (χ3v) is 5.84. The van der Waals surface area contributed by atoms with Crippen LogP contribution >= 0.6 is 0 Å². The Morgan fingerprint density at radius 1 is 1.17 bits per heavy atom. The van der Waals surface area contributed by atoms with E-state index in [1.165, 1.54) is 23.8 Å². The first kappa shape index (κ1) is 15.2. The highest BCUT2D eigenvalue weighted by Crippen LogP contribution is 2.31. The summed E-state index contributed by atoms with van der Waals surface area (Å²) in [4.78, 5) is 13.8. The van der Waals surface area contributed by atoms with Crippen molar-refractivity contribution in [2.75, 3.05) is 0 Å². The maximum atomic E-state index is 12.7. The molecule has 1 aliphatic rings. The molecule has 1 aliphatic carbocycles. The number of rotatable bonds is 3. The second-order valence-electron chi connectivity index (χ2n) is 5.94. The van der Waals surface area contributed by atoms with Crippen molar-refractivity contribution in [1.82, 2.24) is 9.71 Å². The fourth-order valence-electron chi connectivity index (χ4n) is 3.22. The molecule has 0 fully saturated rings. The normalized spacial score (nSPS) is 17.8. The summed E-state index contributed by atoms with van der Waals surface area (Å²) in [7, 11) is -3.71. The summed E-state index contributed by atoms with van der Waals surface area (Å²) in [6.45, 7) is 0. The number of aryl methyl sites for hydroxylation is 1. The van der Waals surface area contributed by atoms with Crippen LogP contribution in [0, 0.1) is 0 Å². The number of aromatic amines is 1. The minimum absolute atomic E-state index is 0.0841. The summed E-state index contributed by atoms with van der Waals surface area (Å²) < 4.78 is 33.2. The SMILES string of the molecule is O=c1[nH]c2ccc(S(=O)(=O)N[C@H]3CCCc4ccccc43)cc2o1. The van der Waals surface area contributed by atoms with Gasteiger partial charge >= 0.3 is 5.76 Å². The second kappa shape index (κ2) is 5.61. The van der Waals surface area contributed by atoms with Crippen molar-refractivity contribution in [2.45, 2.75) is 30.2 Å². The Bertz CT molecular complexity index is 1070. The summed E-state index contributed by atoms with van der Waals surface area (Å²) in [5.41, 5.74) is 2.92. The molecule has 1 heterocycles. The van der Waals surface area contributed by atoms with Gasteiger partial charge in [0.2, 0.25) is 10.0 Å². The Morgan fingerprint density at radius 2 is 2.00 bits per heavy atom. The Labute approximate surface area is 138 Å². The highest BCUT2D eigenvalue weighted by molar-refractivity contribution is 7.89. The lowest BCUT2D eigenvalue weighted by Gasteiger charge is -2.26. The second-order valence-corrected chi connectivity index (χ2v) is 7.65. The number of aromatic nitrogens is 1. The molecule has 7 heteroatoms. The van der Waals surface area contributed by atoms with Gasteiger partial charge in [0.05, 0.1) is 10.4 Å². The number of H-pyrrole nitrogens is 1. The summed E-state index contributed by atoms with van der Waals surface area (Å²) in [5.74, 6) is -0.603. The standard InChI is InChI=1S/C17H16N2O4S/c20-17-18-15-9-8-12(10-16(15)23-17)24(21,22)19-14-7-3-5-11-4-1-2-6-13(11)14/h1-2,4,6,8-10,14,19H,3,5,7H2,(H,18,20)/t14-/m0/s1. The zero-order chi connectivity index (χ0) is 16.7. The molecule has 2 aromatic carbocycles. The quantitative estimate of drug-likeness (QED) is 0.763. The number of hydrogen-bond acceptors (Lipinski definition) is 4. The molecule has 0 spiro atoms. The van der Waals surface area contributed by atoms with Crippen LogP contribution < -0.4 is 10.5 Å². The molecule has 0 radical (unpaired) electrons. The fourth-order valence-corrected chi connectivity index (χ4v) is 4.49. The van der Waals surface area contributed by atoms with Crippen molar-refractivity contribution in [2.24, 2.45) is 0 Å². The first-order valence-corrected chi connectivity index (χ1v) is 9.24. The van der Waals surface area contributed by atoms with E-state index in [0.29, 0.717) is 5.52 Å². The molecule has 4 rings (SSSR count). The molecule has 0 aliphatic heterocycles. The largest absolute Gasteiger partial charge is 0.417 e. The van der Waals surface area contributed by atoms with E-state index in [1.807, 2.05) is 24.3 Å². The minimum atomic E-state index is -3.71. The van der Waals surface area contributed by atoms with Crippen LogP contribution in [0.1, 0.15) is 30.0 Å². The predicted octanol–water partition coefficient (Wildman–Crippen LogP) is 2.48. The maximum Gasteiger partial charge on any atom is 0.417 e. The van der Waals surface area contributed by atoms with Crippen molar-refractivity contribution in [3.8, 4) is 0 Å². The van der Waals surface area contributed by atoms with E-state index in [1.54, 1.807) is 0 Å². The van der Waals surface area contributed by atoms with Gasteiger partial charge in [0.1, 0.15) is 0 Å². The van der Waals surface area contributed by atoms with Gasteiger partial charge < -0.3 is 4.42 Å². The fraction of sp³-hybridized carbons (Fsp3) is 0.235. The minimum Gasteiger partial charge on any atom is -0.408 e. The molecular weight excluding hydrogens is 328 g/mol. The van der Waals surface area contributed by atoms with Gasteiger partial charge in [-0.25, -0.2) is 17.9 Å². The van der Waals surface area contributed by atoms with Gasteiger partial charge in [0.25, 0.3) is 0 Å². The lowest BCUT2D eigenvalue weighted by molar-refractivity contribution is 0.507. The molecule has 24 heavy (non-hydrogen) atoms. The topological polar surface area (TPSA) is 92.2 Å². The Morgan fingerprint density at radius 3 is 2.88 bits per heavy atom. The highest BCUT2D eigenvalue weighted by Gasteiger charge is 2.26. The average molecular weight is 344 g/mol. The lowest BCUT2D eigenvalue weighted by atomic mass is 9.88. The van der Waals surface area contributed by atoms with Gasteiger partial charge in [-0.1, -0.05) is 24.3 Å². The van der Waals surface area contributed by atoms with Gasteiger partial charge in [-0.15, -0.1) is 0 Å². The highest BCUT2D eigenvalue weighted by atomic mass is 32.2. The van der Waals surface area contributed by atoms with Crippen LogP contribution in [0.25, 0.3) is 11.1 Å². The Kier molecular flexibility index (Phi) is 3.54. The van der Waals surface area contributed by atoms with Gasteiger partial charge in [0, 0.05) is 12.1 Å². The van der Waals surface area contributed by atoms with E-state index in [2.05, 4.69) is 9.71 Å². The van der Waals surface area contributed by atoms with Gasteiger partial charge in [-0.05, 0) is 42.5 Å². The zero-order valence-electron chi connectivity index (χ0n) is 12.8. The molecule has 1 atom stereocenters. The van der Waals surface area contributed by atoms with Crippen molar-refractivity contribution in [1.29, 1.82) is 0 Å². The Balaban J connectivity index is 1.69. The van der Waals surface area contributed by atoms with E-state index in [9.17, 15) is 13.2 Å². The third kappa shape index (κ3) is 2.65. The third-order valence-electron chi connectivity index (χ3n) is 4.37. The van der Waals surface area contributed by atoms with Crippen LogP contribution in [-0.2, 0) is 16.4 Å². The first-order chi connectivity index (χ1) is 11.5. The molecular formula is C17H16N2O4S. The van der Waals surface area contributed by atoms with E-state index < -0.39 is 15.8 Å². The van der Waals surface area contributed by atoms with Gasteiger partial charge in [0.15, 0.2) is 5.58 Å². The van der Waals surface area contributed by atoms with Crippen molar-refractivity contribution >= 4 is 21.1 Å². The maximum absolute atomic E-state index is 12.7. The Hall–Kier alpha value is -2.38. The van der Waals surface area contributed by atoms with E-state index in [0.717, 1.165) is 24.8 Å². The van der Waals surface area contributed by atoms with Crippen LogP contribution in [0.4, 0.5) is 0 Å². The van der Waals surface area contributed by atoms with Crippen LogP contribution in [0.3, 0.4) is 0 Å². The summed E-state index contributed by atoms with van der Waals surface area (Å²) >= 11 is 0. The lowest BCUT2D eigenvalue weighted by Crippen LogP contribution is -2.31. The molecule has 0 amide bonds. The molecule has 0 bridgehead atoms. The molecule has 1 aromatic heterocycles. The van der Waals surface area contributed by atoms with Crippen LogP contribution in [0.2, 0.25) is 0 Å². The van der Waals surface area contributed by atoms with Gasteiger partial charge in [-0.2, -0.15) is 0 Å². The molecule has 0 saturated heterocycles. The van der Waals surface area contributed by atoms with Crippen molar-refractivity contribution in [3.05, 3.63) is 64.1 Å². The smallest absolute Gasteiger partial charge is 0.408 e. The number of sulfonamides is 1. The molecule has 6 nitrogen and oxygen atoms in total. The average Bonchev–Trinajstić information content (AvgIpc) is 2.94. The first-order valence-electron chi connectivity index (χ1n) is 7.76.